The molecule has 2 radical (unpaired) electrons. The number of Topliss-reactive ketones (excluding diaryl/α,β-unsaturated/α-hetero) is 1. The van der Waals surface area contributed by atoms with Crippen LogP contribution in [0.2, 0.25) is 0 Å². The number of ketones is 1. The molecular formula is C4H5NNa2O. The van der Waals surface area contributed by atoms with Gasteiger partial charge in [-0.15, -0.1) is 0 Å². The average Bonchev–Trinajstić information content (AvgIpc) is 1.35. The Balaban J connectivity index is -0.000000125. The summed E-state index contributed by atoms with van der Waals surface area (Å²) in [5, 5.41) is 7.77. The third kappa shape index (κ3) is 15.7. The summed E-state index contributed by atoms with van der Waals surface area (Å²) >= 11 is 0. The van der Waals surface area contributed by atoms with E-state index < -0.39 is 0 Å². The summed E-state index contributed by atoms with van der Waals surface area (Å²) < 4.78 is 0. The minimum Gasteiger partial charge on any atom is -0.299 e. The van der Waals surface area contributed by atoms with Gasteiger partial charge >= 0.3 is 0 Å². The SMILES string of the molecule is CC(=O)CC#N.[Na].[Na]. The van der Waals surface area contributed by atoms with Gasteiger partial charge in [-0.1, -0.05) is 0 Å². The number of nitriles is 1. The fourth-order valence-electron chi connectivity index (χ4n) is 0.111. The molecular weight excluding hydrogens is 124 g/mol. The van der Waals surface area contributed by atoms with Crippen molar-refractivity contribution < 1.29 is 4.79 Å². The number of rotatable bonds is 1. The predicted octanol–water partition coefficient (Wildman–Crippen LogP) is -0.273. The molecule has 0 spiro atoms. The molecule has 2 nitrogen and oxygen atoms in total. The Morgan fingerprint density at radius 3 is 2.00 bits per heavy atom. The number of carbonyl (C=O) groups is 1. The van der Waals surface area contributed by atoms with Crippen molar-refractivity contribution in [3.8, 4) is 6.07 Å². The van der Waals surface area contributed by atoms with E-state index in [0.717, 1.165) is 0 Å². The number of hydrogen-bond donors (Lipinski definition) is 0. The molecule has 0 aliphatic rings. The van der Waals surface area contributed by atoms with Crippen molar-refractivity contribution in [2.45, 2.75) is 13.3 Å². The maximum absolute atomic E-state index is 9.82. The van der Waals surface area contributed by atoms with Crippen molar-refractivity contribution in [1.29, 1.82) is 5.26 Å². The molecule has 0 rings (SSSR count). The summed E-state index contributed by atoms with van der Waals surface area (Å²) in [5.74, 6) is -0.0718. The molecule has 0 saturated carbocycles. The second kappa shape index (κ2) is 11.0. The summed E-state index contributed by atoms with van der Waals surface area (Å²) in [6.07, 6.45) is 0.0417. The number of carbonyl (C=O) groups excluding carboxylic acids is 1. The van der Waals surface area contributed by atoms with Crippen molar-refractivity contribution in [3.05, 3.63) is 0 Å². The molecule has 0 unspecified atom stereocenters. The van der Waals surface area contributed by atoms with Gasteiger partial charge in [-0.05, 0) is 6.92 Å². The van der Waals surface area contributed by atoms with Crippen LogP contribution >= 0.6 is 0 Å². The van der Waals surface area contributed by atoms with E-state index >= 15 is 0 Å². The van der Waals surface area contributed by atoms with E-state index in [1.165, 1.54) is 6.92 Å². The maximum Gasteiger partial charge on any atom is 0.143 e. The Hall–Kier alpha value is 1.16. The molecule has 0 aromatic rings. The molecule has 0 aliphatic heterocycles. The number of hydrogen-bond acceptors (Lipinski definition) is 2. The molecule has 0 atom stereocenters. The zero-order chi connectivity index (χ0) is 4.99. The molecule has 0 aromatic carbocycles. The van der Waals surface area contributed by atoms with Crippen LogP contribution in [0.25, 0.3) is 0 Å². The minimum absolute atomic E-state index is 0. The Morgan fingerprint density at radius 2 is 2.00 bits per heavy atom. The van der Waals surface area contributed by atoms with E-state index in [-0.39, 0.29) is 71.3 Å². The summed E-state index contributed by atoms with van der Waals surface area (Å²) in [5.41, 5.74) is 0. The van der Waals surface area contributed by atoms with Gasteiger partial charge in [-0.2, -0.15) is 5.26 Å². The summed E-state index contributed by atoms with van der Waals surface area (Å²) in [4.78, 5) is 9.82. The fourth-order valence-corrected chi connectivity index (χ4v) is 0.111. The van der Waals surface area contributed by atoms with Gasteiger partial charge in [0.15, 0.2) is 0 Å². The molecule has 0 aromatic heterocycles. The fraction of sp³-hybridized carbons (Fsp3) is 0.500. The molecule has 4 heteroatoms. The van der Waals surface area contributed by atoms with E-state index in [2.05, 4.69) is 0 Å². The Kier molecular flexibility index (Phi) is 22.2. The van der Waals surface area contributed by atoms with Gasteiger partial charge < -0.3 is 0 Å². The minimum atomic E-state index is -0.0718. The van der Waals surface area contributed by atoms with Crippen molar-refractivity contribution in [1.82, 2.24) is 0 Å². The van der Waals surface area contributed by atoms with Crippen molar-refractivity contribution in [3.63, 3.8) is 0 Å². The van der Waals surface area contributed by atoms with Gasteiger partial charge in [-0.3, -0.25) is 4.79 Å². The zero-order valence-corrected chi connectivity index (χ0v) is 9.56. The first-order chi connectivity index (χ1) is 2.77. The molecule has 0 amide bonds. The normalized spacial score (nSPS) is 5.00. The van der Waals surface area contributed by atoms with E-state index in [1.807, 2.05) is 0 Å². The molecule has 0 heterocycles. The first-order valence-corrected chi connectivity index (χ1v) is 1.63. The molecule has 34 valence electrons. The Labute approximate surface area is 93.2 Å². The topological polar surface area (TPSA) is 40.9 Å². The number of nitrogens with zero attached hydrogens (tertiary/aromatic N) is 1. The quantitative estimate of drug-likeness (QED) is 0.457. The van der Waals surface area contributed by atoms with Crippen LogP contribution in [0.5, 0.6) is 0 Å². The summed E-state index contributed by atoms with van der Waals surface area (Å²) in [7, 11) is 0. The van der Waals surface area contributed by atoms with E-state index in [9.17, 15) is 4.79 Å². The first kappa shape index (κ1) is 16.1. The molecule has 8 heavy (non-hydrogen) atoms. The van der Waals surface area contributed by atoms with Crippen molar-refractivity contribution in [2.75, 3.05) is 0 Å². The van der Waals surface area contributed by atoms with E-state index in [0.29, 0.717) is 0 Å². The molecule has 0 saturated heterocycles. The van der Waals surface area contributed by atoms with Gasteiger partial charge in [0.1, 0.15) is 5.78 Å². The monoisotopic (exact) mass is 129 g/mol. The van der Waals surface area contributed by atoms with Crippen LogP contribution in [-0.2, 0) is 4.79 Å². The van der Waals surface area contributed by atoms with Crippen LogP contribution in [0.4, 0.5) is 0 Å². The third-order valence-electron chi connectivity index (χ3n) is 0.328. The molecule has 0 N–H and O–H groups in total. The molecule has 0 fully saturated rings. The van der Waals surface area contributed by atoms with Crippen LogP contribution < -0.4 is 0 Å². The standard InChI is InChI=1S/C4H5NO.2Na/c1-4(6)2-3-5;;/h2H2,1H3;;. The predicted molar refractivity (Wildman–Crippen MR) is 32.4 cm³/mol. The second-order valence-corrected chi connectivity index (χ2v) is 1.04. The molecule has 0 bridgehead atoms. The Morgan fingerprint density at radius 1 is 1.62 bits per heavy atom. The van der Waals surface area contributed by atoms with Crippen LogP contribution in [0.3, 0.4) is 0 Å². The summed E-state index contributed by atoms with van der Waals surface area (Å²) in [6, 6.07) is 1.72. The van der Waals surface area contributed by atoms with Gasteiger partial charge in [-0.25, -0.2) is 0 Å². The third-order valence-corrected chi connectivity index (χ3v) is 0.328. The van der Waals surface area contributed by atoms with Gasteiger partial charge in [0, 0.05) is 59.1 Å². The van der Waals surface area contributed by atoms with Crippen LogP contribution in [0.1, 0.15) is 13.3 Å². The van der Waals surface area contributed by atoms with Gasteiger partial charge in [0.25, 0.3) is 0 Å². The van der Waals surface area contributed by atoms with E-state index in [1.54, 1.807) is 6.07 Å². The molecule has 0 aliphatic carbocycles. The Bertz CT molecular complexity index is 96.7. The summed E-state index contributed by atoms with van der Waals surface area (Å²) in [6.45, 7) is 1.39. The van der Waals surface area contributed by atoms with Crippen molar-refractivity contribution >= 4 is 64.9 Å². The second-order valence-electron chi connectivity index (χ2n) is 1.04. The van der Waals surface area contributed by atoms with Gasteiger partial charge in [0.05, 0.1) is 12.5 Å². The smallest absolute Gasteiger partial charge is 0.143 e. The zero-order valence-electron chi connectivity index (χ0n) is 5.56. The maximum atomic E-state index is 9.82. The van der Waals surface area contributed by atoms with Gasteiger partial charge in [0.2, 0.25) is 0 Å². The van der Waals surface area contributed by atoms with E-state index in [4.69, 9.17) is 5.26 Å². The first-order valence-electron chi connectivity index (χ1n) is 1.63. The van der Waals surface area contributed by atoms with Crippen LogP contribution in [0, 0.1) is 11.3 Å². The average molecular weight is 129 g/mol. The van der Waals surface area contributed by atoms with Crippen molar-refractivity contribution in [2.24, 2.45) is 0 Å². The van der Waals surface area contributed by atoms with Crippen LogP contribution in [-0.4, -0.2) is 64.9 Å². The van der Waals surface area contributed by atoms with Crippen LogP contribution in [0.15, 0.2) is 0 Å². The largest absolute Gasteiger partial charge is 0.299 e.